The maximum atomic E-state index is 5.92. The minimum Gasteiger partial charge on any atom is -0.487 e. The van der Waals surface area contributed by atoms with Crippen molar-refractivity contribution in [1.82, 2.24) is 5.32 Å². The minimum atomic E-state index is -0.0221. The Balaban J connectivity index is 1.85. The molecule has 1 fully saturated rings. The summed E-state index contributed by atoms with van der Waals surface area (Å²) in [4.78, 5) is 0. The first-order chi connectivity index (χ1) is 8.14. The van der Waals surface area contributed by atoms with Gasteiger partial charge in [0.2, 0.25) is 0 Å². The van der Waals surface area contributed by atoms with E-state index in [0.717, 1.165) is 18.7 Å². The normalized spacial score (nSPS) is 26.4. The zero-order valence-corrected chi connectivity index (χ0v) is 10.8. The van der Waals surface area contributed by atoms with Crippen LogP contribution < -0.4 is 10.1 Å². The maximum absolute atomic E-state index is 5.92. The van der Waals surface area contributed by atoms with Crippen LogP contribution in [0.1, 0.15) is 43.7 Å². The fourth-order valence-corrected chi connectivity index (χ4v) is 3.02. The van der Waals surface area contributed by atoms with Gasteiger partial charge < -0.3 is 10.1 Å². The highest BCUT2D eigenvalue weighted by Crippen LogP contribution is 2.37. The number of benzene rings is 1. The van der Waals surface area contributed by atoms with Crippen molar-refractivity contribution in [2.75, 3.05) is 13.1 Å². The van der Waals surface area contributed by atoms with Crippen molar-refractivity contribution < 1.29 is 4.74 Å². The molecule has 17 heavy (non-hydrogen) atoms. The summed E-state index contributed by atoms with van der Waals surface area (Å²) < 4.78 is 5.92. The molecule has 2 nitrogen and oxygen atoms in total. The average molecular weight is 231 g/mol. The van der Waals surface area contributed by atoms with Crippen LogP contribution in [0.5, 0.6) is 5.75 Å². The van der Waals surface area contributed by atoms with Crippen LogP contribution in [0.3, 0.4) is 0 Å². The molecule has 1 atom stereocenters. The highest BCUT2D eigenvalue weighted by Gasteiger charge is 2.30. The van der Waals surface area contributed by atoms with Crippen LogP contribution in [0, 0.1) is 0 Å². The van der Waals surface area contributed by atoms with Crippen LogP contribution in [0.4, 0.5) is 0 Å². The number of fused-ring (bicyclic) bond motifs is 1. The van der Waals surface area contributed by atoms with Crippen molar-refractivity contribution in [2.45, 2.75) is 44.6 Å². The van der Waals surface area contributed by atoms with Crippen molar-refractivity contribution in [3.63, 3.8) is 0 Å². The number of hydrogen-bond donors (Lipinski definition) is 1. The van der Waals surface area contributed by atoms with Gasteiger partial charge in [-0.05, 0) is 56.3 Å². The first kappa shape index (κ1) is 11.1. The Morgan fingerprint density at radius 3 is 3.00 bits per heavy atom. The van der Waals surface area contributed by atoms with E-state index in [1.54, 1.807) is 0 Å². The van der Waals surface area contributed by atoms with Crippen LogP contribution in [-0.2, 0) is 6.42 Å². The number of nitrogens with one attached hydrogen (secondary N) is 1. The number of hydrogen-bond acceptors (Lipinski definition) is 2. The summed E-state index contributed by atoms with van der Waals surface area (Å²) in [7, 11) is 0. The molecular formula is C15H21NO. The molecule has 0 amide bonds. The third-order valence-corrected chi connectivity index (χ3v) is 3.86. The van der Waals surface area contributed by atoms with Gasteiger partial charge in [0.1, 0.15) is 11.4 Å². The van der Waals surface area contributed by atoms with Crippen molar-refractivity contribution in [3.05, 3.63) is 29.3 Å². The Kier molecular flexibility index (Phi) is 2.62. The molecule has 0 saturated carbocycles. The van der Waals surface area contributed by atoms with E-state index in [-0.39, 0.29) is 5.60 Å². The van der Waals surface area contributed by atoms with Gasteiger partial charge in [-0.2, -0.15) is 0 Å². The number of piperidine rings is 1. The number of ether oxygens (including phenoxy) is 1. The van der Waals surface area contributed by atoms with Crippen LogP contribution in [0.2, 0.25) is 0 Å². The van der Waals surface area contributed by atoms with Gasteiger partial charge in [0, 0.05) is 13.0 Å². The third kappa shape index (κ3) is 2.19. The first-order valence-electron chi connectivity index (χ1n) is 6.67. The maximum Gasteiger partial charge on any atom is 0.123 e. The molecule has 1 unspecified atom stereocenters. The third-order valence-electron chi connectivity index (χ3n) is 3.86. The van der Waals surface area contributed by atoms with Crippen molar-refractivity contribution in [3.8, 4) is 5.75 Å². The van der Waals surface area contributed by atoms with Crippen molar-refractivity contribution >= 4 is 0 Å². The largest absolute Gasteiger partial charge is 0.487 e. The molecule has 3 rings (SSSR count). The van der Waals surface area contributed by atoms with E-state index in [1.165, 1.54) is 30.5 Å². The molecule has 2 heteroatoms. The Hall–Kier alpha value is -1.02. The molecule has 1 N–H and O–H groups in total. The van der Waals surface area contributed by atoms with Crippen molar-refractivity contribution in [2.24, 2.45) is 0 Å². The lowest BCUT2D eigenvalue weighted by atomic mass is 9.89. The van der Waals surface area contributed by atoms with E-state index in [4.69, 9.17) is 4.74 Å². The monoisotopic (exact) mass is 231 g/mol. The van der Waals surface area contributed by atoms with Gasteiger partial charge >= 0.3 is 0 Å². The lowest BCUT2D eigenvalue weighted by molar-refractivity contribution is 0.138. The van der Waals surface area contributed by atoms with Crippen LogP contribution >= 0.6 is 0 Å². The molecule has 0 spiro atoms. The summed E-state index contributed by atoms with van der Waals surface area (Å²) in [5.41, 5.74) is 2.85. The average Bonchev–Trinajstić information content (AvgIpc) is 2.63. The Morgan fingerprint density at radius 1 is 1.35 bits per heavy atom. The molecular weight excluding hydrogens is 210 g/mol. The molecule has 1 aromatic rings. The summed E-state index contributed by atoms with van der Waals surface area (Å²) in [6.07, 6.45) is 3.65. The van der Waals surface area contributed by atoms with E-state index in [9.17, 15) is 0 Å². The van der Waals surface area contributed by atoms with Gasteiger partial charge in [0.15, 0.2) is 0 Å². The van der Waals surface area contributed by atoms with Gasteiger partial charge in [0.25, 0.3) is 0 Å². The van der Waals surface area contributed by atoms with Gasteiger partial charge in [-0.15, -0.1) is 0 Å². The summed E-state index contributed by atoms with van der Waals surface area (Å²) >= 11 is 0. The summed E-state index contributed by atoms with van der Waals surface area (Å²) in [6, 6.07) is 6.77. The molecule has 1 saturated heterocycles. The minimum absolute atomic E-state index is 0.0221. The Morgan fingerprint density at radius 2 is 2.24 bits per heavy atom. The summed E-state index contributed by atoms with van der Waals surface area (Å²) in [5.74, 6) is 1.78. The second kappa shape index (κ2) is 4.02. The summed E-state index contributed by atoms with van der Waals surface area (Å²) in [5, 5.41) is 3.49. The molecule has 2 aliphatic rings. The lowest BCUT2D eigenvalue weighted by Crippen LogP contribution is -2.28. The molecule has 1 aromatic carbocycles. The molecule has 0 bridgehead atoms. The Labute approximate surface area is 103 Å². The predicted molar refractivity (Wildman–Crippen MR) is 69.7 cm³/mol. The second-order valence-electron chi connectivity index (χ2n) is 5.95. The van der Waals surface area contributed by atoms with E-state index in [1.807, 2.05) is 0 Å². The lowest BCUT2D eigenvalue weighted by Gasteiger charge is -2.23. The Bertz CT molecular complexity index is 419. The van der Waals surface area contributed by atoms with Crippen LogP contribution in [-0.4, -0.2) is 18.7 Å². The van der Waals surface area contributed by atoms with E-state index in [2.05, 4.69) is 37.4 Å². The van der Waals surface area contributed by atoms with E-state index >= 15 is 0 Å². The SMILES string of the molecule is CC1(C)Cc2cc(C3CCCNC3)ccc2O1. The molecule has 0 radical (unpaired) electrons. The molecule has 0 aliphatic carbocycles. The quantitative estimate of drug-likeness (QED) is 0.802. The molecule has 2 heterocycles. The highest BCUT2D eigenvalue weighted by atomic mass is 16.5. The number of rotatable bonds is 1. The molecule has 0 aromatic heterocycles. The zero-order chi connectivity index (χ0) is 11.9. The molecule has 2 aliphatic heterocycles. The van der Waals surface area contributed by atoms with E-state index < -0.39 is 0 Å². The highest BCUT2D eigenvalue weighted by molar-refractivity contribution is 5.43. The fourth-order valence-electron chi connectivity index (χ4n) is 3.02. The van der Waals surface area contributed by atoms with Gasteiger partial charge in [-0.3, -0.25) is 0 Å². The van der Waals surface area contributed by atoms with Gasteiger partial charge in [0.05, 0.1) is 0 Å². The van der Waals surface area contributed by atoms with E-state index in [0.29, 0.717) is 5.92 Å². The molecule has 92 valence electrons. The predicted octanol–water partition coefficient (Wildman–Crippen LogP) is 2.87. The zero-order valence-electron chi connectivity index (χ0n) is 10.8. The first-order valence-corrected chi connectivity index (χ1v) is 6.67. The van der Waals surface area contributed by atoms with Gasteiger partial charge in [-0.1, -0.05) is 12.1 Å². The van der Waals surface area contributed by atoms with Crippen LogP contribution in [0.15, 0.2) is 18.2 Å². The van der Waals surface area contributed by atoms with Crippen molar-refractivity contribution in [1.29, 1.82) is 0 Å². The standard InChI is InChI=1S/C15H21NO/c1-15(2)9-13-8-11(5-6-14(13)17-15)12-4-3-7-16-10-12/h5-6,8,12,16H,3-4,7,9-10H2,1-2H3. The smallest absolute Gasteiger partial charge is 0.123 e. The topological polar surface area (TPSA) is 21.3 Å². The second-order valence-corrected chi connectivity index (χ2v) is 5.95. The summed E-state index contributed by atoms with van der Waals surface area (Å²) in [6.45, 7) is 6.63. The van der Waals surface area contributed by atoms with Gasteiger partial charge in [-0.25, -0.2) is 0 Å². The van der Waals surface area contributed by atoms with Crippen LogP contribution in [0.25, 0.3) is 0 Å². The fraction of sp³-hybridized carbons (Fsp3) is 0.600.